The van der Waals surface area contributed by atoms with Crippen molar-refractivity contribution in [2.24, 2.45) is 10.9 Å². The number of carbonyl (C=O) groups is 1. The molecule has 1 heterocycles. The molecule has 1 aliphatic carbocycles. The summed E-state index contributed by atoms with van der Waals surface area (Å²) in [5.41, 5.74) is 2.66. The molecule has 1 aromatic rings. The highest BCUT2D eigenvalue weighted by atomic mass is 127. The van der Waals surface area contributed by atoms with Crippen LogP contribution in [0, 0.1) is 5.92 Å². The van der Waals surface area contributed by atoms with Crippen LogP contribution in [0.2, 0.25) is 0 Å². The van der Waals surface area contributed by atoms with Crippen LogP contribution in [0.25, 0.3) is 0 Å². The molecule has 1 aromatic carbocycles. The summed E-state index contributed by atoms with van der Waals surface area (Å²) in [7, 11) is 1.82. The molecule has 1 saturated heterocycles. The summed E-state index contributed by atoms with van der Waals surface area (Å²) < 4.78 is 0. The van der Waals surface area contributed by atoms with Crippen molar-refractivity contribution in [2.45, 2.75) is 71.5 Å². The molecular formula is C25H42IN5O. The normalized spacial score (nSPS) is 19.7. The number of likely N-dealkylation sites (tertiary alicyclic amines) is 1. The Morgan fingerprint density at radius 3 is 2.44 bits per heavy atom. The maximum absolute atomic E-state index is 12.8. The predicted octanol–water partition coefficient (Wildman–Crippen LogP) is 3.99. The van der Waals surface area contributed by atoms with Gasteiger partial charge in [-0.05, 0) is 43.5 Å². The molecule has 2 N–H and O–H groups in total. The van der Waals surface area contributed by atoms with Crippen LogP contribution >= 0.6 is 24.0 Å². The molecule has 3 rings (SSSR count). The minimum absolute atomic E-state index is 0. The van der Waals surface area contributed by atoms with Crippen LogP contribution in [0.5, 0.6) is 0 Å². The van der Waals surface area contributed by atoms with Crippen molar-refractivity contribution in [3.8, 4) is 0 Å². The molecule has 1 unspecified atom stereocenters. The smallest absolute Gasteiger partial charge is 0.225 e. The van der Waals surface area contributed by atoms with Crippen molar-refractivity contribution in [2.75, 3.05) is 33.2 Å². The minimum atomic E-state index is 0. The predicted molar refractivity (Wildman–Crippen MR) is 143 cm³/mol. The number of benzene rings is 1. The Labute approximate surface area is 211 Å². The second-order valence-electron chi connectivity index (χ2n) is 8.90. The molecule has 1 atom stereocenters. The van der Waals surface area contributed by atoms with Gasteiger partial charge in [0.1, 0.15) is 0 Å². The monoisotopic (exact) mass is 555 g/mol. The standard InChI is InChI=1S/C25H41N5O.HI/c1-4-29(5-2)18-22-14-10-9-13-21(22)17-27-25(26-3)28-23-15-16-30(19-23)24(31)20-11-7-6-8-12-20;/h9-10,13-14,20,23H,4-8,11-12,15-19H2,1-3H3,(H2,26,27,28);1H. The Morgan fingerprint density at radius 2 is 1.78 bits per heavy atom. The first kappa shape index (κ1) is 26.9. The molecule has 0 radical (unpaired) electrons. The molecule has 1 aliphatic heterocycles. The van der Waals surface area contributed by atoms with Crippen LogP contribution in [-0.2, 0) is 17.9 Å². The van der Waals surface area contributed by atoms with Gasteiger partial charge in [-0.1, -0.05) is 57.4 Å². The molecule has 180 valence electrons. The summed E-state index contributed by atoms with van der Waals surface area (Å²) in [5.74, 6) is 1.44. The second-order valence-corrected chi connectivity index (χ2v) is 8.90. The average Bonchev–Trinajstić information content (AvgIpc) is 3.29. The third-order valence-corrected chi connectivity index (χ3v) is 6.87. The number of halogens is 1. The Hall–Kier alpha value is -1.35. The molecule has 0 bridgehead atoms. The van der Waals surface area contributed by atoms with Crippen LogP contribution in [0.1, 0.15) is 63.5 Å². The highest BCUT2D eigenvalue weighted by molar-refractivity contribution is 14.0. The van der Waals surface area contributed by atoms with Crippen LogP contribution in [0.4, 0.5) is 0 Å². The summed E-state index contributed by atoms with van der Waals surface area (Å²) in [4.78, 5) is 21.8. The molecule has 0 aromatic heterocycles. The van der Waals surface area contributed by atoms with Gasteiger partial charge in [-0.3, -0.25) is 14.7 Å². The Morgan fingerprint density at radius 1 is 1.09 bits per heavy atom. The largest absolute Gasteiger partial charge is 0.352 e. The van der Waals surface area contributed by atoms with Crippen molar-refractivity contribution in [3.63, 3.8) is 0 Å². The lowest BCUT2D eigenvalue weighted by molar-refractivity contribution is -0.135. The third-order valence-electron chi connectivity index (χ3n) is 6.87. The number of guanidine groups is 1. The number of amides is 1. The number of carbonyl (C=O) groups excluding carboxylic acids is 1. The van der Waals surface area contributed by atoms with Crippen LogP contribution in [-0.4, -0.2) is 60.9 Å². The molecule has 0 spiro atoms. The Kier molecular flexibility index (Phi) is 11.8. The van der Waals surface area contributed by atoms with E-state index in [0.717, 1.165) is 64.5 Å². The van der Waals surface area contributed by atoms with E-state index >= 15 is 0 Å². The van der Waals surface area contributed by atoms with E-state index in [-0.39, 0.29) is 35.9 Å². The topological polar surface area (TPSA) is 60.0 Å². The van der Waals surface area contributed by atoms with Crippen LogP contribution in [0.3, 0.4) is 0 Å². The van der Waals surface area contributed by atoms with Crippen molar-refractivity contribution < 1.29 is 4.79 Å². The first-order chi connectivity index (χ1) is 15.1. The maximum atomic E-state index is 12.8. The maximum Gasteiger partial charge on any atom is 0.225 e. The molecule has 2 aliphatic rings. The number of hydrogen-bond acceptors (Lipinski definition) is 3. The first-order valence-corrected chi connectivity index (χ1v) is 12.2. The molecule has 32 heavy (non-hydrogen) atoms. The van der Waals surface area contributed by atoms with Gasteiger partial charge in [0.15, 0.2) is 5.96 Å². The molecule has 1 saturated carbocycles. The fraction of sp³-hybridized carbons (Fsp3) is 0.680. The zero-order valence-electron chi connectivity index (χ0n) is 20.1. The lowest BCUT2D eigenvalue weighted by atomic mass is 9.88. The van der Waals surface area contributed by atoms with Crippen molar-refractivity contribution >= 4 is 35.8 Å². The van der Waals surface area contributed by atoms with Crippen LogP contribution < -0.4 is 10.6 Å². The molecule has 7 heteroatoms. The molecular weight excluding hydrogens is 513 g/mol. The zero-order chi connectivity index (χ0) is 22.1. The van der Waals surface area contributed by atoms with Crippen molar-refractivity contribution in [1.29, 1.82) is 0 Å². The lowest BCUT2D eigenvalue weighted by Gasteiger charge is -2.26. The van der Waals surface area contributed by atoms with Gasteiger partial charge in [-0.2, -0.15) is 0 Å². The summed E-state index contributed by atoms with van der Waals surface area (Å²) >= 11 is 0. The fourth-order valence-electron chi connectivity index (χ4n) is 4.83. The van der Waals surface area contributed by atoms with E-state index in [1.807, 2.05) is 7.05 Å². The van der Waals surface area contributed by atoms with Gasteiger partial charge in [0.25, 0.3) is 0 Å². The van der Waals surface area contributed by atoms with Crippen LogP contribution in [0.15, 0.2) is 29.3 Å². The van der Waals surface area contributed by atoms with Gasteiger partial charge >= 0.3 is 0 Å². The van der Waals surface area contributed by atoms with Gasteiger partial charge in [0, 0.05) is 45.2 Å². The summed E-state index contributed by atoms with van der Waals surface area (Å²) in [6.45, 7) is 9.89. The van der Waals surface area contributed by atoms with Gasteiger partial charge in [0.2, 0.25) is 5.91 Å². The third kappa shape index (κ3) is 7.61. The van der Waals surface area contributed by atoms with E-state index in [1.165, 1.54) is 30.4 Å². The van der Waals surface area contributed by atoms with Crippen molar-refractivity contribution in [1.82, 2.24) is 20.4 Å². The molecule has 1 amide bonds. The fourth-order valence-corrected chi connectivity index (χ4v) is 4.83. The second kappa shape index (κ2) is 14.0. The Bertz CT molecular complexity index is 731. The quantitative estimate of drug-likeness (QED) is 0.290. The number of hydrogen-bond donors (Lipinski definition) is 2. The van der Waals surface area contributed by atoms with Gasteiger partial charge < -0.3 is 15.5 Å². The summed E-state index contributed by atoms with van der Waals surface area (Å²) in [6.07, 6.45) is 6.83. The summed E-state index contributed by atoms with van der Waals surface area (Å²) in [5, 5.41) is 7.03. The molecule has 2 fully saturated rings. The van der Waals surface area contributed by atoms with E-state index in [1.54, 1.807) is 0 Å². The van der Waals surface area contributed by atoms with E-state index in [2.05, 4.69) is 63.5 Å². The number of aliphatic imine (C=N–C) groups is 1. The highest BCUT2D eigenvalue weighted by Gasteiger charge is 2.31. The first-order valence-electron chi connectivity index (χ1n) is 12.2. The average molecular weight is 556 g/mol. The highest BCUT2D eigenvalue weighted by Crippen LogP contribution is 2.26. The van der Waals surface area contributed by atoms with E-state index in [0.29, 0.717) is 5.91 Å². The lowest BCUT2D eigenvalue weighted by Crippen LogP contribution is -2.45. The number of nitrogens with one attached hydrogen (secondary N) is 2. The van der Waals surface area contributed by atoms with Crippen molar-refractivity contribution in [3.05, 3.63) is 35.4 Å². The van der Waals surface area contributed by atoms with Gasteiger partial charge in [0.05, 0.1) is 0 Å². The number of nitrogens with zero attached hydrogens (tertiary/aromatic N) is 3. The minimum Gasteiger partial charge on any atom is -0.352 e. The van der Waals surface area contributed by atoms with Gasteiger partial charge in [-0.25, -0.2) is 0 Å². The van der Waals surface area contributed by atoms with E-state index < -0.39 is 0 Å². The number of rotatable bonds is 8. The van der Waals surface area contributed by atoms with E-state index in [9.17, 15) is 4.79 Å². The summed E-state index contributed by atoms with van der Waals surface area (Å²) in [6, 6.07) is 8.90. The SMILES string of the molecule is CCN(CC)Cc1ccccc1CNC(=NC)NC1CCN(C(=O)C2CCCCC2)C1.I. The zero-order valence-corrected chi connectivity index (χ0v) is 22.4. The molecule has 6 nitrogen and oxygen atoms in total. The van der Waals surface area contributed by atoms with Gasteiger partial charge in [-0.15, -0.1) is 24.0 Å². The Balaban J connectivity index is 0.00000363. The van der Waals surface area contributed by atoms with E-state index in [4.69, 9.17) is 0 Å².